The molecule has 43 heavy (non-hydrogen) atoms. The molecule has 0 aliphatic rings. The normalized spacial score (nSPS) is 13.5. The van der Waals surface area contributed by atoms with Crippen molar-refractivity contribution in [3.05, 3.63) is 66.4 Å². The van der Waals surface area contributed by atoms with E-state index in [9.17, 15) is 22.8 Å². The lowest BCUT2D eigenvalue weighted by molar-refractivity contribution is -0.159. The maximum Gasteiger partial charge on any atom is 0.329 e. The van der Waals surface area contributed by atoms with Gasteiger partial charge in [-0.3, -0.25) is 14.6 Å². The zero-order valence-corrected chi connectivity index (χ0v) is 26.2. The predicted octanol–water partition coefficient (Wildman–Crippen LogP) is 3.41. The predicted molar refractivity (Wildman–Crippen MR) is 165 cm³/mol. The van der Waals surface area contributed by atoms with Gasteiger partial charge in [0.15, 0.2) is 0 Å². The first-order chi connectivity index (χ1) is 20.2. The second kappa shape index (κ2) is 14.6. The SMILES string of the molecule is CC(C)C(=O)N(NS(=O)(=O)c1ccccc1)C(Cc1c[nH]c2ccccc12)C(=O)NC(CCCCN)C(=O)OC(C)(C)C. The Kier molecular flexibility index (Phi) is 11.5. The number of ether oxygens (including phenoxy) is 1. The molecule has 5 N–H and O–H groups in total. The standard InChI is InChI=1S/C31H43N5O6S/c1-21(2)29(38)36(35-43(40,41)23-13-7-6-8-14-23)27(19-22-20-33-25-16-10-9-15-24(22)25)28(37)34-26(17-11-12-18-32)30(39)42-31(3,4)5/h6-10,13-16,20-21,26-27,33,35H,11-12,17-19,32H2,1-5H3,(H,34,37). The molecular weight excluding hydrogens is 570 g/mol. The molecule has 0 bridgehead atoms. The number of rotatable bonds is 14. The summed E-state index contributed by atoms with van der Waals surface area (Å²) in [4.78, 5) is 46.4. The van der Waals surface area contributed by atoms with Gasteiger partial charge in [-0.1, -0.05) is 50.2 Å². The van der Waals surface area contributed by atoms with Crippen LogP contribution < -0.4 is 15.9 Å². The van der Waals surface area contributed by atoms with Crippen molar-refractivity contribution in [3.8, 4) is 0 Å². The summed E-state index contributed by atoms with van der Waals surface area (Å²) in [6, 6.07) is 12.6. The van der Waals surface area contributed by atoms with Gasteiger partial charge in [-0.15, -0.1) is 4.83 Å². The molecule has 0 spiro atoms. The summed E-state index contributed by atoms with van der Waals surface area (Å²) in [5, 5.41) is 4.45. The topological polar surface area (TPSA) is 164 Å². The Labute approximate surface area is 253 Å². The number of hydrazine groups is 1. The van der Waals surface area contributed by atoms with Crippen LogP contribution in [0.15, 0.2) is 65.7 Å². The van der Waals surface area contributed by atoms with E-state index in [0.717, 1.165) is 15.9 Å². The van der Waals surface area contributed by atoms with Crippen LogP contribution in [0.5, 0.6) is 0 Å². The molecule has 0 aliphatic carbocycles. The molecule has 0 fully saturated rings. The molecule has 12 heteroatoms. The van der Waals surface area contributed by atoms with Gasteiger partial charge < -0.3 is 20.8 Å². The van der Waals surface area contributed by atoms with E-state index in [0.29, 0.717) is 24.9 Å². The summed E-state index contributed by atoms with van der Waals surface area (Å²) in [5.74, 6) is -2.62. The monoisotopic (exact) mass is 613 g/mol. The van der Waals surface area contributed by atoms with E-state index in [4.69, 9.17) is 10.5 Å². The first-order valence-corrected chi connectivity index (χ1v) is 15.9. The number of fused-ring (bicyclic) bond motifs is 1. The van der Waals surface area contributed by atoms with Gasteiger partial charge in [-0.2, -0.15) is 0 Å². The van der Waals surface area contributed by atoms with Gasteiger partial charge in [0.05, 0.1) is 4.90 Å². The highest BCUT2D eigenvalue weighted by atomic mass is 32.2. The Bertz CT molecular complexity index is 1500. The Morgan fingerprint density at radius 2 is 1.65 bits per heavy atom. The van der Waals surface area contributed by atoms with E-state index in [1.165, 1.54) is 12.1 Å². The molecule has 2 atom stereocenters. The zero-order chi connectivity index (χ0) is 31.8. The van der Waals surface area contributed by atoms with Gasteiger partial charge in [0, 0.05) is 29.4 Å². The zero-order valence-electron chi connectivity index (χ0n) is 25.4. The van der Waals surface area contributed by atoms with Crippen molar-refractivity contribution in [2.24, 2.45) is 11.7 Å². The molecule has 1 aromatic heterocycles. The molecule has 3 rings (SSSR count). The Hall–Kier alpha value is -3.74. The molecule has 0 aliphatic heterocycles. The first-order valence-electron chi connectivity index (χ1n) is 14.4. The summed E-state index contributed by atoms with van der Waals surface area (Å²) < 4.78 is 32.5. The number of nitrogens with zero attached hydrogens (tertiary/aromatic N) is 1. The van der Waals surface area contributed by atoms with Crippen molar-refractivity contribution in [2.75, 3.05) is 6.54 Å². The highest BCUT2D eigenvalue weighted by Crippen LogP contribution is 2.22. The molecule has 0 radical (unpaired) electrons. The maximum atomic E-state index is 14.1. The fraction of sp³-hybridized carbons (Fsp3) is 0.452. The molecule has 234 valence electrons. The number of nitrogens with two attached hydrogens (primary N) is 1. The Morgan fingerprint density at radius 3 is 2.28 bits per heavy atom. The molecule has 0 saturated heterocycles. The summed E-state index contributed by atoms with van der Waals surface area (Å²) >= 11 is 0. The van der Waals surface area contributed by atoms with Crippen molar-refractivity contribution in [2.45, 2.75) is 82.9 Å². The van der Waals surface area contributed by atoms with Crippen LogP contribution >= 0.6 is 0 Å². The number of nitrogens with one attached hydrogen (secondary N) is 3. The number of hydrogen-bond donors (Lipinski definition) is 4. The largest absolute Gasteiger partial charge is 0.458 e. The van der Waals surface area contributed by atoms with Crippen LogP contribution in [0.4, 0.5) is 0 Å². The number of aromatic amines is 1. The molecular formula is C31H43N5O6S. The van der Waals surface area contributed by atoms with Gasteiger partial charge >= 0.3 is 5.97 Å². The molecule has 2 aromatic carbocycles. The van der Waals surface area contributed by atoms with E-state index in [1.807, 2.05) is 24.3 Å². The van der Waals surface area contributed by atoms with Gasteiger partial charge in [0.1, 0.15) is 17.7 Å². The molecule has 2 amide bonds. The van der Waals surface area contributed by atoms with Crippen molar-refractivity contribution in [1.29, 1.82) is 0 Å². The van der Waals surface area contributed by atoms with Gasteiger partial charge in [0.25, 0.3) is 10.0 Å². The number of H-pyrrole nitrogens is 1. The number of hydrogen-bond acceptors (Lipinski definition) is 7. The van der Waals surface area contributed by atoms with E-state index >= 15 is 0 Å². The van der Waals surface area contributed by atoms with Gasteiger partial charge in [-0.05, 0) is 70.3 Å². The van der Waals surface area contributed by atoms with E-state index < -0.39 is 51.4 Å². The molecule has 3 aromatic rings. The Morgan fingerprint density at radius 1 is 1.00 bits per heavy atom. The van der Waals surface area contributed by atoms with Crippen LogP contribution in [0.25, 0.3) is 10.9 Å². The van der Waals surface area contributed by atoms with Crippen LogP contribution in [0.2, 0.25) is 0 Å². The minimum Gasteiger partial charge on any atom is -0.458 e. The average molecular weight is 614 g/mol. The lowest BCUT2D eigenvalue weighted by Gasteiger charge is -2.33. The van der Waals surface area contributed by atoms with Crippen molar-refractivity contribution >= 4 is 38.7 Å². The molecule has 11 nitrogen and oxygen atoms in total. The van der Waals surface area contributed by atoms with Crippen LogP contribution in [-0.2, 0) is 35.6 Å². The third-order valence-corrected chi connectivity index (χ3v) is 7.99. The minimum atomic E-state index is -4.26. The van der Waals surface area contributed by atoms with Crippen molar-refractivity contribution in [3.63, 3.8) is 0 Å². The van der Waals surface area contributed by atoms with Crippen molar-refractivity contribution in [1.82, 2.24) is 20.1 Å². The number of esters is 1. The average Bonchev–Trinajstić information content (AvgIpc) is 3.36. The van der Waals surface area contributed by atoms with Crippen LogP contribution in [-0.4, -0.2) is 60.4 Å². The van der Waals surface area contributed by atoms with Crippen LogP contribution in [0.1, 0.15) is 59.4 Å². The summed E-state index contributed by atoms with van der Waals surface area (Å²) in [5.41, 5.74) is 6.36. The molecule has 0 saturated carbocycles. The number of sulfonamides is 1. The van der Waals surface area contributed by atoms with Crippen molar-refractivity contribution < 1.29 is 27.5 Å². The smallest absolute Gasteiger partial charge is 0.329 e. The second-order valence-corrected chi connectivity index (χ2v) is 13.4. The van der Waals surface area contributed by atoms with Gasteiger partial charge in [-0.25, -0.2) is 13.2 Å². The highest BCUT2D eigenvalue weighted by Gasteiger charge is 2.37. The quantitative estimate of drug-likeness (QED) is 0.123. The number of benzene rings is 2. The minimum absolute atomic E-state index is 0.0462. The summed E-state index contributed by atoms with van der Waals surface area (Å²) in [7, 11) is -4.26. The fourth-order valence-corrected chi connectivity index (χ4v) is 5.61. The van der Waals surface area contributed by atoms with Crippen LogP contribution in [0.3, 0.4) is 0 Å². The van der Waals surface area contributed by atoms with E-state index in [-0.39, 0.29) is 17.7 Å². The summed E-state index contributed by atoms with van der Waals surface area (Å²) in [6.07, 6.45) is 3.11. The highest BCUT2D eigenvalue weighted by molar-refractivity contribution is 7.89. The number of para-hydroxylation sites is 1. The number of carbonyl (C=O) groups excluding carboxylic acids is 3. The van der Waals surface area contributed by atoms with Crippen LogP contribution in [0, 0.1) is 5.92 Å². The number of aromatic nitrogens is 1. The molecule has 2 unspecified atom stereocenters. The Balaban J connectivity index is 2.06. The lowest BCUT2D eigenvalue weighted by Crippen LogP contribution is -2.60. The lowest BCUT2D eigenvalue weighted by atomic mass is 10.0. The summed E-state index contributed by atoms with van der Waals surface area (Å²) in [6.45, 7) is 8.82. The third kappa shape index (κ3) is 9.37. The first kappa shape index (κ1) is 33.8. The fourth-order valence-electron chi connectivity index (χ4n) is 4.51. The number of amides is 2. The second-order valence-electron chi connectivity index (χ2n) is 11.7. The maximum absolute atomic E-state index is 14.1. The van der Waals surface area contributed by atoms with E-state index in [1.54, 1.807) is 59.0 Å². The van der Waals surface area contributed by atoms with Gasteiger partial charge in [0.2, 0.25) is 11.8 Å². The number of carbonyl (C=O) groups is 3. The van der Waals surface area contributed by atoms with E-state index in [2.05, 4.69) is 15.1 Å². The number of unbranched alkanes of at least 4 members (excludes halogenated alkanes) is 1. The molecule has 1 heterocycles. The third-order valence-electron chi connectivity index (χ3n) is 6.66.